The van der Waals surface area contributed by atoms with Gasteiger partial charge in [-0.1, -0.05) is 6.07 Å². The number of nitrogens with one attached hydrogen (secondary N) is 1. The molecule has 0 unspecified atom stereocenters. The summed E-state index contributed by atoms with van der Waals surface area (Å²) in [5.74, 6) is 0.477. The van der Waals surface area contributed by atoms with Gasteiger partial charge in [-0.05, 0) is 62.2 Å². The molecule has 3 aromatic rings. The van der Waals surface area contributed by atoms with Crippen molar-refractivity contribution in [2.45, 2.75) is 38.5 Å². The quantitative estimate of drug-likeness (QED) is 0.694. The zero-order chi connectivity index (χ0) is 20.6. The molecule has 1 aliphatic rings. The maximum atomic E-state index is 13.3. The first kappa shape index (κ1) is 19.7. The number of aryl methyl sites for hydroxylation is 1. The molecule has 0 saturated carbocycles. The van der Waals surface area contributed by atoms with Crippen molar-refractivity contribution in [1.82, 2.24) is 19.5 Å². The lowest BCUT2D eigenvalue weighted by molar-refractivity contribution is -0.138. The molecule has 2 aromatic heterocycles. The first-order valence-electron chi connectivity index (χ1n) is 9.55. The highest BCUT2D eigenvalue weighted by Crippen LogP contribution is 2.34. The number of likely N-dealkylation sites (tertiary alicyclic amines) is 1. The van der Waals surface area contributed by atoms with E-state index in [4.69, 9.17) is 5.73 Å². The van der Waals surface area contributed by atoms with Crippen molar-refractivity contribution in [3.05, 3.63) is 53.5 Å². The van der Waals surface area contributed by atoms with Crippen LogP contribution in [0.3, 0.4) is 0 Å². The number of aromatic nitrogens is 3. The van der Waals surface area contributed by atoms with Crippen molar-refractivity contribution >= 4 is 17.0 Å². The van der Waals surface area contributed by atoms with E-state index in [0.717, 1.165) is 43.1 Å². The average Bonchev–Trinajstić information content (AvgIpc) is 3.08. The number of halogens is 3. The summed E-state index contributed by atoms with van der Waals surface area (Å²) in [6.45, 7) is 4.00. The molecule has 3 N–H and O–H groups in total. The molecule has 29 heavy (non-hydrogen) atoms. The van der Waals surface area contributed by atoms with Crippen LogP contribution in [0.5, 0.6) is 0 Å². The summed E-state index contributed by atoms with van der Waals surface area (Å²) in [6.07, 6.45) is 0.730. The third kappa shape index (κ3) is 4.20. The molecule has 1 saturated heterocycles. The number of alkyl halides is 3. The smallest absolute Gasteiger partial charge is 0.338 e. The van der Waals surface area contributed by atoms with Crippen molar-refractivity contribution in [2.75, 3.05) is 18.4 Å². The maximum Gasteiger partial charge on any atom is 0.416 e. The van der Waals surface area contributed by atoms with E-state index in [9.17, 15) is 13.2 Å². The fraction of sp³-hybridized carbons (Fsp3) is 0.400. The maximum absolute atomic E-state index is 13.3. The van der Waals surface area contributed by atoms with Gasteiger partial charge in [0.1, 0.15) is 11.8 Å². The van der Waals surface area contributed by atoms with Crippen molar-refractivity contribution < 1.29 is 13.2 Å². The van der Waals surface area contributed by atoms with Gasteiger partial charge in [-0.25, -0.2) is 9.50 Å². The molecule has 0 radical (unpaired) electrons. The minimum atomic E-state index is -4.40. The van der Waals surface area contributed by atoms with Crippen LogP contribution in [0.2, 0.25) is 0 Å². The number of hydrogen-bond acceptors (Lipinski definition) is 5. The minimum absolute atomic E-state index is 0.183. The number of rotatable bonds is 4. The molecule has 0 amide bonds. The number of hydrogen-bond donors (Lipinski definition) is 2. The Labute approximate surface area is 166 Å². The molecule has 154 valence electrons. The molecule has 0 bridgehead atoms. The summed E-state index contributed by atoms with van der Waals surface area (Å²) in [6, 6.07) is 6.42. The fourth-order valence-corrected chi connectivity index (χ4v) is 3.73. The molecular formula is C20H23F3N6. The normalized spacial score (nSPS) is 16.4. The molecule has 0 spiro atoms. The summed E-state index contributed by atoms with van der Waals surface area (Å²) in [5, 5.41) is 7.27. The highest BCUT2D eigenvalue weighted by Gasteiger charge is 2.32. The Kier molecular flexibility index (Phi) is 5.18. The molecule has 6 nitrogen and oxygen atoms in total. The van der Waals surface area contributed by atoms with Crippen LogP contribution in [-0.4, -0.2) is 38.6 Å². The highest BCUT2D eigenvalue weighted by atomic mass is 19.4. The van der Waals surface area contributed by atoms with Gasteiger partial charge in [0.2, 0.25) is 0 Å². The first-order chi connectivity index (χ1) is 13.8. The lowest BCUT2D eigenvalue weighted by atomic mass is 10.1. The van der Waals surface area contributed by atoms with E-state index < -0.39 is 11.7 Å². The van der Waals surface area contributed by atoms with Crippen LogP contribution in [0.25, 0.3) is 5.52 Å². The van der Waals surface area contributed by atoms with E-state index in [2.05, 4.69) is 20.3 Å². The van der Waals surface area contributed by atoms with Crippen LogP contribution in [0, 0.1) is 6.92 Å². The SMILES string of the molecule is Cc1ccc(Nc2ncnn3ccc(CN4CCC(N)CC4)c23)cc1C(F)(F)F. The number of benzene rings is 1. The second-order valence-corrected chi connectivity index (χ2v) is 7.51. The van der Waals surface area contributed by atoms with Crippen LogP contribution in [0.4, 0.5) is 24.7 Å². The summed E-state index contributed by atoms with van der Waals surface area (Å²) >= 11 is 0. The van der Waals surface area contributed by atoms with Crippen LogP contribution in [0.15, 0.2) is 36.8 Å². The summed E-state index contributed by atoms with van der Waals surface area (Å²) in [4.78, 5) is 6.61. The second-order valence-electron chi connectivity index (χ2n) is 7.51. The molecular weight excluding hydrogens is 381 g/mol. The Morgan fingerprint density at radius 2 is 1.97 bits per heavy atom. The second kappa shape index (κ2) is 7.64. The summed E-state index contributed by atoms with van der Waals surface area (Å²) in [7, 11) is 0. The van der Waals surface area contributed by atoms with E-state index in [-0.39, 0.29) is 11.6 Å². The van der Waals surface area contributed by atoms with Crippen LogP contribution in [0.1, 0.15) is 29.5 Å². The van der Waals surface area contributed by atoms with Gasteiger partial charge in [-0.3, -0.25) is 4.90 Å². The Bertz CT molecular complexity index is 1010. The predicted octanol–water partition coefficient (Wildman–Crippen LogP) is 3.72. The number of fused-ring (bicyclic) bond motifs is 1. The molecule has 1 aliphatic heterocycles. The molecule has 9 heteroatoms. The van der Waals surface area contributed by atoms with Crippen molar-refractivity contribution in [3.63, 3.8) is 0 Å². The van der Waals surface area contributed by atoms with E-state index in [1.54, 1.807) is 10.6 Å². The third-order valence-electron chi connectivity index (χ3n) is 5.37. The van der Waals surface area contributed by atoms with Gasteiger partial charge in [0.25, 0.3) is 0 Å². The first-order valence-corrected chi connectivity index (χ1v) is 9.55. The standard InChI is InChI=1S/C20H23F3N6/c1-13-2-3-16(10-17(13)20(21,22)23)27-19-18-14(4-9-29(18)26-12-25-19)11-28-7-5-15(24)6-8-28/h2-4,9-10,12,15H,5-8,11,24H2,1H3,(H,25,26,27). The number of nitrogens with zero attached hydrogens (tertiary/aromatic N) is 4. The molecule has 3 heterocycles. The van der Waals surface area contributed by atoms with Gasteiger partial charge < -0.3 is 11.1 Å². The topological polar surface area (TPSA) is 71.5 Å². The van der Waals surface area contributed by atoms with Crippen LogP contribution >= 0.6 is 0 Å². The van der Waals surface area contributed by atoms with Crippen molar-refractivity contribution in [2.24, 2.45) is 5.73 Å². The van der Waals surface area contributed by atoms with Crippen molar-refractivity contribution in [3.8, 4) is 0 Å². The molecule has 1 fully saturated rings. The Balaban J connectivity index is 1.64. The van der Waals surface area contributed by atoms with Gasteiger partial charge in [-0.2, -0.15) is 18.3 Å². The lowest BCUT2D eigenvalue weighted by Crippen LogP contribution is -2.39. The van der Waals surface area contributed by atoms with Gasteiger partial charge >= 0.3 is 6.18 Å². The minimum Gasteiger partial charge on any atom is -0.338 e. The van der Waals surface area contributed by atoms with E-state index in [1.807, 2.05) is 12.3 Å². The van der Waals surface area contributed by atoms with E-state index >= 15 is 0 Å². The summed E-state index contributed by atoms with van der Waals surface area (Å²) < 4.78 is 41.4. The summed E-state index contributed by atoms with van der Waals surface area (Å²) in [5.41, 5.74) is 7.62. The zero-order valence-corrected chi connectivity index (χ0v) is 16.1. The lowest BCUT2D eigenvalue weighted by Gasteiger charge is -2.29. The number of anilines is 2. The largest absolute Gasteiger partial charge is 0.416 e. The van der Waals surface area contributed by atoms with Gasteiger partial charge in [0.05, 0.1) is 5.56 Å². The zero-order valence-electron chi connectivity index (χ0n) is 16.1. The Hall–Kier alpha value is -2.65. The molecule has 4 rings (SSSR count). The van der Waals surface area contributed by atoms with Gasteiger partial charge in [-0.15, -0.1) is 0 Å². The third-order valence-corrected chi connectivity index (χ3v) is 5.37. The van der Waals surface area contributed by atoms with E-state index in [0.29, 0.717) is 18.1 Å². The highest BCUT2D eigenvalue weighted by molar-refractivity contribution is 5.76. The molecule has 0 aliphatic carbocycles. The molecule has 0 atom stereocenters. The molecule has 1 aromatic carbocycles. The van der Waals surface area contributed by atoms with Gasteiger partial charge in [0.15, 0.2) is 5.82 Å². The Morgan fingerprint density at radius 3 is 2.69 bits per heavy atom. The van der Waals surface area contributed by atoms with Crippen LogP contribution < -0.4 is 11.1 Å². The average molecular weight is 404 g/mol. The van der Waals surface area contributed by atoms with Gasteiger partial charge in [0, 0.05) is 24.5 Å². The van der Waals surface area contributed by atoms with Crippen molar-refractivity contribution in [1.29, 1.82) is 0 Å². The number of nitrogens with two attached hydrogens (primary N) is 1. The Morgan fingerprint density at radius 1 is 1.21 bits per heavy atom. The van der Waals surface area contributed by atoms with E-state index in [1.165, 1.54) is 19.3 Å². The predicted molar refractivity (Wildman–Crippen MR) is 105 cm³/mol. The monoisotopic (exact) mass is 404 g/mol. The number of piperidine rings is 1. The fourth-order valence-electron chi connectivity index (χ4n) is 3.73. The van der Waals surface area contributed by atoms with Crippen LogP contribution in [-0.2, 0) is 12.7 Å².